The molecular formula is C19H16ClNO4. The van der Waals surface area contributed by atoms with Crippen LogP contribution in [0.4, 0.5) is 5.69 Å². The fourth-order valence-corrected chi connectivity index (χ4v) is 2.71. The molecule has 0 saturated carbocycles. The predicted octanol–water partition coefficient (Wildman–Crippen LogP) is 3.69. The van der Waals surface area contributed by atoms with E-state index in [0.29, 0.717) is 10.7 Å². The Kier molecular flexibility index (Phi) is 5.07. The third-order valence-corrected chi connectivity index (χ3v) is 3.92. The maximum atomic E-state index is 12.0. The van der Waals surface area contributed by atoms with Crippen molar-refractivity contribution in [2.45, 2.75) is 12.6 Å². The van der Waals surface area contributed by atoms with E-state index in [1.54, 1.807) is 18.2 Å². The number of aromatic hydroxyl groups is 1. The summed E-state index contributed by atoms with van der Waals surface area (Å²) in [5.74, 6) is -0.394. The SMILES string of the molecule is O=c1cc(CO)oc([C@H](Nc2cccc(Cl)c2)c2ccccc2)c1O. The first-order valence-electron chi connectivity index (χ1n) is 7.62. The number of anilines is 1. The zero-order chi connectivity index (χ0) is 17.8. The topological polar surface area (TPSA) is 82.7 Å². The van der Waals surface area contributed by atoms with E-state index in [1.807, 2.05) is 36.4 Å². The lowest BCUT2D eigenvalue weighted by atomic mass is 10.0. The summed E-state index contributed by atoms with van der Waals surface area (Å²) in [4.78, 5) is 12.0. The van der Waals surface area contributed by atoms with Gasteiger partial charge in [0.1, 0.15) is 18.4 Å². The lowest BCUT2D eigenvalue weighted by molar-refractivity contribution is 0.234. The highest BCUT2D eigenvalue weighted by molar-refractivity contribution is 6.30. The van der Waals surface area contributed by atoms with E-state index in [4.69, 9.17) is 16.0 Å². The van der Waals surface area contributed by atoms with Crippen molar-refractivity contribution >= 4 is 17.3 Å². The normalized spacial score (nSPS) is 11.9. The van der Waals surface area contributed by atoms with E-state index in [0.717, 1.165) is 11.6 Å². The van der Waals surface area contributed by atoms with Gasteiger partial charge in [-0.25, -0.2) is 0 Å². The first-order chi connectivity index (χ1) is 12.1. The Morgan fingerprint density at radius 3 is 2.52 bits per heavy atom. The van der Waals surface area contributed by atoms with Gasteiger partial charge in [0.2, 0.25) is 11.2 Å². The monoisotopic (exact) mass is 357 g/mol. The van der Waals surface area contributed by atoms with Crippen LogP contribution in [0.5, 0.6) is 5.75 Å². The lowest BCUT2D eigenvalue weighted by Gasteiger charge is -2.21. The molecule has 1 aromatic heterocycles. The van der Waals surface area contributed by atoms with Crippen molar-refractivity contribution in [1.29, 1.82) is 0 Å². The molecular weight excluding hydrogens is 342 g/mol. The molecule has 0 aliphatic rings. The van der Waals surface area contributed by atoms with Crippen LogP contribution < -0.4 is 10.7 Å². The summed E-state index contributed by atoms with van der Waals surface area (Å²) < 4.78 is 5.56. The smallest absolute Gasteiger partial charge is 0.227 e. The molecule has 0 radical (unpaired) electrons. The van der Waals surface area contributed by atoms with Crippen LogP contribution in [0.3, 0.4) is 0 Å². The van der Waals surface area contributed by atoms with Crippen LogP contribution in [0.15, 0.2) is 69.9 Å². The van der Waals surface area contributed by atoms with Crippen molar-refractivity contribution in [2.75, 3.05) is 5.32 Å². The van der Waals surface area contributed by atoms with Gasteiger partial charge in [0.15, 0.2) is 5.76 Å². The number of halogens is 1. The molecule has 25 heavy (non-hydrogen) atoms. The number of aliphatic hydroxyl groups is 1. The zero-order valence-corrected chi connectivity index (χ0v) is 13.9. The van der Waals surface area contributed by atoms with Gasteiger partial charge in [0.25, 0.3) is 0 Å². The average Bonchev–Trinajstić information content (AvgIpc) is 2.63. The van der Waals surface area contributed by atoms with Crippen LogP contribution in [-0.2, 0) is 6.61 Å². The van der Waals surface area contributed by atoms with Crippen LogP contribution in [-0.4, -0.2) is 10.2 Å². The Morgan fingerprint density at radius 2 is 1.84 bits per heavy atom. The molecule has 0 spiro atoms. The van der Waals surface area contributed by atoms with E-state index >= 15 is 0 Å². The zero-order valence-electron chi connectivity index (χ0n) is 13.1. The molecule has 0 fully saturated rings. The Balaban J connectivity index is 2.12. The van der Waals surface area contributed by atoms with Gasteiger partial charge in [-0.2, -0.15) is 0 Å². The summed E-state index contributed by atoms with van der Waals surface area (Å²) >= 11 is 6.03. The molecule has 2 aromatic carbocycles. The first-order valence-corrected chi connectivity index (χ1v) is 8.00. The van der Waals surface area contributed by atoms with Crippen LogP contribution in [0.2, 0.25) is 5.02 Å². The van der Waals surface area contributed by atoms with Gasteiger partial charge in [0.05, 0.1) is 0 Å². The Morgan fingerprint density at radius 1 is 1.08 bits per heavy atom. The van der Waals surface area contributed by atoms with E-state index in [1.165, 1.54) is 0 Å². The standard InChI is InChI=1S/C19H16ClNO4/c20-13-7-4-8-14(9-13)21-17(12-5-2-1-3-6-12)19-18(24)16(23)10-15(11-22)25-19/h1-10,17,21-22,24H,11H2/t17-/m1/s1. The molecule has 0 aliphatic carbocycles. The summed E-state index contributed by atoms with van der Waals surface area (Å²) in [6.07, 6.45) is 0. The number of hydrogen-bond donors (Lipinski definition) is 3. The highest BCUT2D eigenvalue weighted by Gasteiger charge is 2.23. The fourth-order valence-electron chi connectivity index (χ4n) is 2.52. The Bertz CT molecular complexity index is 924. The third kappa shape index (κ3) is 3.84. The Labute approximate surface area is 149 Å². The molecule has 3 aromatic rings. The second-order valence-corrected chi connectivity index (χ2v) is 5.88. The molecule has 1 atom stereocenters. The molecule has 3 rings (SSSR count). The van der Waals surface area contributed by atoms with Gasteiger partial charge < -0.3 is 19.9 Å². The van der Waals surface area contributed by atoms with Gasteiger partial charge in [0, 0.05) is 16.8 Å². The number of nitrogens with one attached hydrogen (secondary N) is 1. The van der Waals surface area contributed by atoms with Crippen LogP contribution >= 0.6 is 11.6 Å². The molecule has 128 valence electrons. The van der Waals surface area contributed by atoms with Gasteiger partial charge in [-0.05, 0) is 23.8 Å². The number of benzene rings is 2. The fraction of sp³-hybridized carbons (Fsp3) is 0.105. The highest BCUT2D eigenvalue weighted by atomic mass is 35.5. The number of hydrogen-bond acceptors (Lipinski definition) is 5. The molecule has 5 nitrogen and oxygen atoms in total. The summed E-state index contributed by atoms with van der Waals surface area (Å²) in [6, 6.07) is 16.7. The lowest BCUT2D eigenvalue weighted by Crippen LogP contribution is -2.16. The first kappa shape index (κ1) is 17.1. The number of rotatable bonds is 5. The minimum atomic E-state index is -0.640. The van der Waals surface area contributed by atoms with Crippen molar-refractivity contribution in [3.05, 3.63) is 93.0 Å². The summed E-state index contributed by atoms with van der Waals surface area (Å²) in [5, 5.41) is 23.3. The molecule has 0 unspecified atom stereocenters. The van der Waals surface area contributed by atoms with Gasteiger partial charge in [-0.15, -0.1) is 0 Å². The van der Waals surface area contributed by atoms with Crippen molar-refractivity contribution < 1.29 is 14.6 Å². The molecule has 6 heteroatoms. The van der Waals surface area contributed by atoms with E-state index < -0.39 is 23.8 Å². The predicted molar refractivity (Wildman–Crippen MR) is 95.9 cm³/mol. The maximum absolute atomic E-state index is 12.0. The maximum Gasteiger partial charge on any atom is 0.227 e. The second-order valence-electron chi connectivity index (χ2n) is 5.45. The second kappa shape index (κ2) is 7.42. The van der Waals surface area contributed by atoms with Gasteiger partial charge in [-0.3, -0.25) is 4.79 Å². The summed E-state index contributed by atoms with van der Waals surface area (Å²) in [6.45, 7) is -0.443. The van der Waals surface area contributed by atoms with Crippen LogP contribution in [0.25, 0.3) is 0 Å². The molecule has 3 N–H and O–H groups in total. The van der Waals surface area contributed by atoms with Crippen LogP contribution in [0, 0.1) is 0 Å². The summed E-state index contributed by atoms with van der Waals surface area (Å²) in [7, 11) is 0. The van der Waals surface area contributed by atoms with E-state index in [-0.39, 0.29) is 11.5 Å². The quantitative estimate of drug-likeness (QED) is 0.648. The van der Waals surface area contributed by atoms with E-state index in [9.17, 15) is 15.0 Å². The van der Waals surface area contributed by atoms with Gasteiger partial charge >= 0.3 is 0 Å². The molecule has 0 aliphatic heterocycles. The minimum Gasteiger partial charge on any atom is -0.502 e. The molecule has 0 amide bonds. The van der Waals surface area contributed by atoms with Crippen molar-refractivity contribution in [1.82, 2.24) is 0 Å². The molecule has 0 saturated heterocycles. The molecule has 0 bridgehead atoms. The average molecular weight is 358 g/mol. The van der Waals surface area contributed by atoms with Crippen molar-refractivity contribution in [3.8, 4) is 5.75 Å². The third-order valence-electron chi connectivity index (χ3n) is 3.69. The van der Waals surface area contributed by atoms with E-state index in [2.05, 4.69) is 5.32 Å². The van der Waals surface area contributed by atoms with Gasteiger partial charge in [-0.1, -0.05) is 48.0 Å². The van der Waals surface area contributed by atoms with Crippen molar-refractivity contribution in [2.24, 2.45) is 0 Å². The Hall–Kier alpha value is -2.76. The minimum absolute atomic E-state index is 0.0303. The molecule has 1 heterocycles. The summed E-state index contributed by atoms with van der Waals surface area (Å²) in [5.41, 5.74) is 0.855. The number of aliphatic hydroxyl groups excluding tert-OH is 1. The van der Waals surface area contributed by atoms with Crippen molar-refractivity contribution in [3.63, 3.8) is 0 Å². The highest BCUT2D eigenvalue weighted by Crippen LogP contribution is 2.32. The van der Waals surface area contributed by atoms with Crippen LogP contribution in [0.1, 0.15) is 23.1 Å². The largest absolute Gasteiger partial charge is 0.502 e.